The van der Waals surface area contributed by atoms with Crippen LogP contribution in [0.25, 0.3) is 5.57 Å². The summed E-state index contributed by atoms with van der Waals surface area (Å²) in [5, 5.41) is 9.84. The summed E-state index contributed by atoms with van der Waals surface area (Å²) in [4.78, 5) is 0. The minimum atomic E-state index is -0.716. The number of methoxy groups -OCH3 is 1. The molecule has 0 saturated carbocycles. The molecule has 3 heteroatoms. The van der Waals surface area contributed by atoms with Crippen LogP contribution in [0, 0.1) is 0 Å². The molecule has 1 N–H and O–H groups in total. The van der Waals surface area contributed by atoms with Crippen LogP contribution in [0.3, 0.4) is 0 Å². The molecular formula is C16H20O3. The molecule has 0 aromatic heterocycles. The van der Waals surface area contributed by atoms with Crippen LogP contribution in [0.2, 0.25) is 0 Å². The van der Waals surface area contributed by atoms with Gasteiger partial charge in [-0.1, -0.05) is 30.4 Å². The van der Waals surface area contributed by atoms with Crippen LogP contribution < -0.4 is 4.74 Å². The first kappa shape index (κ1) is 13.8. The van der Waals surface area contributed by atoms with Gasteiger partial charge in [-0.3, -0.25) is 0 Å². The summed E-state index contributed by atoms with van der Waals surface area (Å²) >= 11 is 0. The molecule has 1 atom stereocenters. The van der Waals surface area contributed by atoms with Crippen molar-refractivity contribution in [2.75, 3.05) is 20.3 Å². The average Bonchev–Trinajstić information content (AvgIpc) is 2.40. The lowest BCUT2D eigenvalue weighted by molar-refractivity contribution is 0.114. The first-order valence-corrected chi connectivity index (χ1v) is 6.45. The third kappa shape index (κ3) is 3.94. The summed E-state index contributed by atoms with van der Waals surface area (Å²) in [7, 11) is 1.66. The van der Waals surface area contributed by atoms with Gasteiger partial charge in [-0.25, -0.2) is 0 Å². The Bertz CT molecular complexity index is 469. The number of rotatable bonds is 5. The third-order valence-corrected chi connectivity index (χ3v) is 3.10. The highest BCUT2D eigenvalue weighted by Crippen LogP contribution is 2.27. The van der Waals surface area contributed by atoms with E-state index in [0.29, 0.717) is 19.6 Å². The predicted octanol–water partition coefficient (Wildman–Crippen LogP) is 2.81. The molecule has 0 radical (unpaired) electrons. The van der Waals surface area contributed by atoms with Crippen molar-refractivity contribution in [2.24, 2.45) is 0 Å². The minimum absolute atomic E-state index is 0.557. The van der Waals surface area contributed by atoms with Crippen molar-refractivity contribution in [2.45, 2.75) is 18.9 Å². The van der Waals surface area contributed by atoms with Crippen LogP contribution in [-0.4, -0.2) is 31.0 Å². The molecule has 19 heavy (non-hydrogen) atoms. The highest BCUT2D eigenvalue weighted by atomic mass is 16.5. The quantitative estimate of drug-likeness (QED) is 0.827. The van der Waals surface area contributed by atoms with Gasteiger partial charge in [0.2, 0.25) is 0 Å². The summed E-state index contributed by atoms with van der Waals surface area (Å²) < 4.78 is 10.5. The van der Waals surface area contributed by atoms with Crippen molar-refractivity contribution >= 4 is 5.57 Å². The van der Waals surface area contributed by atoms with Crippen molar-refractivity contribution in [3.05, 3.63) is 48.1 Å². The fraction of sp³-hybridized carbons (Fsp3) is 0.375. The average molecular weight is 260 g/mol. The van der Waals surface area contributed by atoms with E-state index in [1.54, 1.807) is 7.11 Å². The largest absolute Gasteiger partial charge is 0.491 e. The van der Waals surface area contributed by atoms with Gasteiger partial charge in [-0.15, -0.1) is 0 Å². The smallest absolute Gasteiger partial charge is 0.119 e. The molecule has 1 aliphatic rings. The van der Waals surface area contributed by atoms with Gasteiger partial charge in [0.15, 0.2) is 0 Å². The van der Waals surface area contributed by atoms with Crippen LogP contribution in [0.4, 0.5) is 0 Å². The number of allylic oxidation sites excluding steroid dienone is 2. The molecule has 0 bridgehead atoms. The first-order chi connectivity index (χ1) is 9.11. The summed E-state index contributed by atoms with van der Waals surface area (Å²) in [6.07, 6.45) is 6.50. The van der Waals surface area contributed by atoms with Gasteiger partial charge >= 0.3 is 0 Å². The Morgan fingerprint density at radius 1 is 1.21 bits per heavy atom. The molecule has 2 rings (SSSR count). The van der Waals surface area contributed by atoms with Crippen LogP contribution in [0.15, 0.2) is 42.5 Å². The minimum Gasteiger partial charge on any atom is -0.491 e. The maximum atomic E-state index is 9.84. The number of hydrogen-bond acceptors (Lipinski definition) is 3. The van der Waals surface area contributed by atoms with Crippen LogP contribution in [-0.2, 0) is 4.74 Å². The summed E-state index contributed by atoms with van der Waals surface area (Å²) in [6.45, 7) is 2.95. The second-order valence-corrected chi connectivity index (χ2v) is 4.92. The fourth-order valence-corrected chi connectivity index (χ4v) is 1.92. The summed E-state index contributed by atoms with van der Waals surface area (Å²) in [5.74, 6) is 0.841. The standard InChI is InChI=1S/C16H20O3/c1-16(17)9-7-14(8-10-16)13-3-5-15(6-4-13)19-12-11-18-2/h3-9,17H,10-12H2,1-2H3. The molecule has 1 aliphatic carbocycles. The Morgan fingerprint density at radius 2 is 1.95 bits per heavy atom. The van der Waals surface area contributed by atoms with E-state index in [0.717, 1.165) is 16.9 Å². The third-order valence-electron chi connectivity index (χ3n) is 3.10. The fourth-order valence-electron chi connectivity index (χ4n) is 1.92. The molecule has 3 nitrogen and oxygen atoms in total. The van der Waals surface area contributed by atoms with Gasteiger partial charge in [0.25, 0.3) is 0 Å². The highest BCUT2D eigenvalue weighted by molar-refractivity contribution is 5.75. The van der Waals surface area contributed by atoms with E-state index in [9.17, 15) is 5.11 Å². The van der Waals surface area contributed by atoms with Crippen molar-refractivity contribution in [1.29, 1.82) is 0 Å². The molecule has 0 saturated heterocycles. The van der Waals surface area contributed by atoms with Crippen molar-refractivity contribution < 1.29 is 14.6 Å². The molecule has 1 aromatic rings. The van der Waals surface area contributed by atoms with Gasteiger partial charge in [0.1, 0.15) is 12.4 Å². The van der Waals surface area contributed by atoms with E-state index in [4.69, 9.17) is 9.47 Å². The molecule has 1 aromatic carbocycles. The second-order valence-electron chi connectivity index (χ2n) is 4.92. The first-order valence-electron chi connectivity index (χ1n) is 6.45. The van der Waals surface area contributed by atoms with Crippen LogP contribution in [0.1, 0.15) is 18.9 Å². The maximum Gasteiger partial charge on any atom is 0.119 e. The molecule has 0 amide bonds. The molecule has 0 aliphatic heterocycles. The topological polar surface area (TPSA) is 38.7 Å². The number of benzene rings is 1. The normalized spacial score (nSPS) is 22.2. The second kappa shape index (κ2) is 6.04. The van der Waals surface area contributed by atoms with Gasteiger partial charge in [-0.05, 0) is 36.6 Å². The molecule has 0 fully saturated rings. The summed E-state index contributed by atoms with van der Waals surface area (Å²) in [5.41, 5.74) is 1.55. The number of hydrogen-bond donors (Lipinski definition) is 1. The van der Waals surface area contributed by atoms with E-state index in [2.05, 4.69) is 6.08 Å². The van der Waals surface area contributed by atoms with E-state index in [1.165, 1.54) is 0 Å². The maximum absolute atomic E-state index is 9.84. The molecule has 102 valence electrons. The Morgan fingerprint density at radius 3 is 2.53 bits per heavy atom. The van der Waals surface area contributed by atoms with Gasteiger partial charge in [0, 0.05) is 7.11 Å². The van der Waals surface area contributed by atoms with Crippen molar-refractivity contribution in [1.82, 2.24) is 0 Å². The Labute approximate surface area is 114 Å². The predicted molar refractivity (Wildman–Crippen MR) is 76.2 cm³/mol. The monoisotopic (exact) mass is 260 g/mol. The van der Waals surface area contributed by atoms with E-state index in [1.807, 2.05) is 43.3 Å². The molecule has 0 heterocycles. The molecular weight excluding hydrogens is 240 g/mol. The van der Waals surface area contributed by atoms with Gasteiger partial charge < -0.3 is 14.6 Å². The molecule has 1 unspecified atom stereocenters. The SMILES string of the molecule is COCCOc1ccc(C2=CCC(C)(O)C=C2)cc1. The van der Waals surface area contributed by atoms with Crippen LogP contribution >= 0.6 is 0 Å². The van der Waals surface area contributed by atoms with Crippen molar-refractivity contribution in [3.63, 3.8) is 0 Å². The molecule has 0 spiro atoms. The Hall–Kier alpha value is -1.58. The lowest BCUT2D eigenvalue weighted by Gasteiger charge is -2.21. The lowest BCUT2D eigenvalue weighted by Crippen LogP contribution is -2.21. The summed E-state index contributed by atoms with van der Waals surface area (Å²) in [6, 6.07) is 7.95. The zero-order valence-corrected chi connectivity index (χ0v) is 11.4. The van der Waals surface area contributed by atoms with Gasteiger partial charge in [0.05, 0.1) is 12.2 Å². The van der Waals surface area contributed by atoms with E-state index in [-0.39, 0.29) is 0 Å². The zero-order chi connectivity index (χ0) is 13.7. The number of ether oxygens (including phenoxy) is 2. The van der Waals surface area contributed by atoms with Crippen molar-refractivity contribution in [3.8, 4) is 5.75 Å². The number of aliphatic hydroxyl groups is 1. The van der Waals surface area contributed by atoms with E-state index < -0.39 is 5.60 Å². The van der Waals surface area contributed by atoms with Gasteiger partial charge in [-0.2, -0.15) is 0 Å². The van der Waals surface area contributed by atoms with Crippen LogP contribution in [0.5, 0.6) is 5.75 Å². The Balaban J connectivity index is 1.99. The Kier molecular flexibility index (Phi) is 4.40. The highest BCUT2D eigenvalue weighted by Gasteiger charge is 2.18. The zero-order valence-electron chi connectivity index (χ0n) is 11.4. The lowest BCUT2D eigenvalue weighted by atomic mass is 9.91. The van der Waals surface area contributed by atoms with E-state index >= 15 is 0 Å².